The highest BCUT2D eigenvalue weighted by molar-refractivity contribution is 9.10. The third kappa shape index (κ3) is 3.44. The number of benzene rings is 2. The summed E-state index contributed by atoms with van der Waals surface area (Å²) in [5.74, 6) is -0.333. The molecule has 0 saturated heterocycles. The fourth-order valence-electron chi connectivity index (χ4n) is 1.99. The predicted molar refractivity (Wildman–Crippen MR) is 94.8 cm³/mol. The molecular weight excluding hydrogens is 400 g/mol. The minimum absolute atomic E-state index is 0.179. The molecule has 0 aliphatic heterocycles. The number of carbonyl (C=O) groups is 1. The number of hydrogen-bond donors (Lipinski definition) is 1. The number of hydrogen-bond acceptors (Lipinski definition) is 5. The number of rotatable bonds is 3. The highest BCUT2D eigenvalue weighted by Gasteiger charge is 2.13. The first kappa shape index (κ1) is 16.1. The van der Waals surface area contributed by atoms with Crippen molar-refractivity contribution in [1.29, 1.82) is 0 Å². The second-order valence-corrected chi connectivity index (χ2v) is 8.76. The zero-order chi connectivity index (χ0) is 16.6. The van der Waals surface area contributed by atoms with Gasteiger partial charge in [0.15, 0.2) is 15.0 Å². The van der Waals surface area contributed by atoms with Gasteiger partial charge in [-0.25, -0.2) is 13.4 Å². The average molecular weight is 411 g/mol. The Bertz CT molecular complexity index is 995. The molecule has 3 aromatic rings. The topological polar surface area (TPSA) is 76.1 Å². The lowest BCUT2D eigenvalue weighted by molar-refractivity contribution is 0.102. The van der Waals surface area contributed by atoms with Crippen LogP contribution in [0.5, 0.6) is 0 Å². The molecule has 118 valence electrons. The predicted octanol–water partition coefficient (Wildman–Crippen LogP) is 3.71. The van der Waals surface area contributed by atoms with E-state index in [1.807, 2.05) is 18.2 Å². The van der Waals surface area contributed by atoms with Gasteiger partial charge in [-0.3, -0.25) is 10.1 Å². The second kappa shape index (κ2) is 6.03. The molecule has 8 heteroatoms. The fourth-order valence-corrected chi connectivity index (χ4v) is 4.10. The van der Waals surface area contributed by atoms with Gasteiger partial charge in [0.05, 0.1) is 15.1 Å². The molecule has 5 nitrogen and oxygen atoms in total. The van der Waals surface area contributed by atoms with Crippen molar-refractivity contribution in [2.75, 3.05) is 11.6 Å². The van der Waals surface area contributed by atoms with E-state index in [4.69, 9.17) is 0 Å². The monoisotopic (exact) mass is 410 g/mol. The molecule has 3 rings (SSSR count). The van der Waals surface area contributed by atoms with Gasteiger partial charge >= 0.3 is 0 Å². The largest absolute Gasteiger partial charge is 0.298 e. The van der Waals surface area contributed by atoms with Gasteiger partial charge < -0.3 is 0 Å². The molecule has 0 atom stereocenters. The van der Waals surface area contributed by atoms with Crippen LogP contribution in [-0.2, 0) is 9.84 Å². The Kier molecular flexibility index (Phi) is 4.22. The van der Waals surface area contributed by atoms with Crippen LogP contribution in [0.15, 0.2) is 51.8 Å². The molecule has 0 aliphatic rings. The van der Waals surface area contributed by atoms with E-state index in [0.29, 0.717) is 10.7 Å². The van der Waals surface area contributed by atoms with Crippen LogP contribution in [0.3, 0.4) is 0 Å². The van der Waals surface area contributed by atoms with E-state index in [2.05, 4.69) is 26.2 Å². The summed E-state index contributed by atoms with van der Waals surface area (Å²) in [5.41, 5.74) is 1.16. The summed E-state index contributed by atoms with van der Waals surface area (Å²) < 4.78 is 24.7. The Balaban J connectivity index is 1.84. The lowest BCUT2D eigenvalue weighted by atomic mass is 10.2. The van der Waals surface area contributed by atoms with Crippen molar-refractivity contribution < 1.29 is 13.2 Å². The first-order valence-electron chi connectivity index (χ1n) is 6.51. The van der Waals surface area contributed by atoms with Crippen molar-refractivity contribution in [3.8, 4) is 0 Å². The summed E-state index contributed by atoms with van der Waals surface area (Å²) in [5, 5.41) is 3.22. The van der Waals surface area contributed by atoms with Gasteiger partial charge in [-0.2, -0.15) is 0 Å². The Morgan fingerprint density at radius 2 is 1.87 bits per heavy atom. The molecular formula is C15H11BrN2O3S2. The summed E-state index contributed by atoms with van der Waals surface area (Å²) in [7, 11) is -3.27. The Hall–Kier alpha value is -1.77. The number of halogens is 1. The van der Waals surface area contributed by atoms with Crippen molar-refractivity contribution >= 4 is 58.4 Å². The number of thiazole rings is 1. The third-order valence-corrected chi connectivity index (χ3v) is 5.84. The molecule has 1 heterocycles. The molecule has 1 N–H and O–H groups in total. The van der Waals surface area contributed by atoms with Crippen molar-refractivity contribution in [2.45, 2.75) is 4.90 Å². The molecule has 0 aliphatic carbocycles. The molecule has 0 fully saturated rings. The highest BCUT2D eigenvalue weighted by Crippen LogP contribution is 2.31. The van der Waals surface area contributed by atoms with E-state index in [9.17, 15) is 13.2 Å². The number of amides is 1. The average Bonchev–Trinajstić information content (AvgIpc) is 2.90. The summed E-state index contributed by atoms with van der Waals surface area (Å²) >= 11 is 4.80. The molecule has 0 bridgehead atoms. The second-order valence-electron chi connectivity index (χ2n) is 4.86. The van der Waals surface area contributed by atoms with Gasteiger partial charge in [-0.05, 0) is 52.3 Å². The SMILES string of the molecule is CS(=O)(=O)c1ccc(C(=O)Nc2nc3c(Br)cccc3s2)cc1. The van der Waals surface area contributed by atoms with Crippen LogP contribution in [-0.4, -0.2) is 25.6 Å². The maximum atomic E-state index is 12.2. The Morgan fingerprint density at radius 3 is 2.48 bits per heavy atom. The van der Waals surface area contributed by atoms with Crippen molar-refractivity contribution in [1.82, 2.24) is 4.98 Å². The lowest BCUT2D eigenvalue weighted by Gasteiger charge is -2.03. The number of nitrogens with one attached hydrogen (secondary N) is 1. The number of nitrogens with zero attached hydrogens (tertiary/aromatic N) is 1. The van der Waals surface area contributed by atoms with Crippen LogP contribution < -0.4 is 5.32 Å². The molecule has 0 spiro atoms. The first-order valence-corrected chi connectivity index (χ1v) is 10.0. The van der Waals surface area contributed by atoms with E-state index >= 15 is 0 Å². The van der Waals surface area contributed by atoms with E-state index in [-0.39, 0.29) is 10.8 Å². The molecule has 1 aromatic heterocycles. The molecule has 2 aromatic carbocycles. The highest BCUT2D eigenvalue weighted by atomic mass is 79.9. The van der Waals surface area contributed by atoms with E-state index in [1.54, 1.807) is 0 Å². The summed E-state index contributed by atoms with van der Waals surface area (Å²) in [6.45, 7) is 0. The standard InChI is InChI=1S/C15H11BrN2O3S2/c1-23(20,21)10-7-5-9(6-8-10)14(19)18-15-17-13-11(16)3-2-4-12(13)22-15/h2-8H,1H3,(H,17,18,19). The number of para-hydroxylation sites is 1. The molecule has 0 saturated carbocycles. The number of aromatic nitrogens is 1. The normalized spacial score (nSPS) is 11.6. The minimum Gasteiger partial charge on any atom is -0.298 e. The van der Waals surface area contributed by atoms with Crippen LogP contribution in [0.25, 0.3) is 10.2 Å². The van der Waals surface area contributed by atoms with Gasteiger partial charge in [-0.15, -0.1) is 0 Å². The zero-order valence-electron chi connectivity index (χ0n) is 11.9. The number of fused-ring (bicyclic) bond motifs is 1. The van der Waals surface area contributed by atoms with E-state index < -0.39 is 9.84 Å². The minimum atomic E-state index is -3.27. The smallest absolute Gasteiger partial charge is 0.257 e. The molecule has 1 amide bonds. The van der Waals surface area contributed by atoms with Gasteiger partial charge in [0, 0.05) is 16.3 Å². The maximum Gasteiger partial charge on any atom is 0.257 e. The fraction of sp³-hybridized carbons (Fsp3) is 0.0667. The van der Waals surface area contributed by atoms with Gasteiger partial charge in [0.1, 0.15) is 0 Å². The van der Waals surface area contributed by atoms with E-state index in [0.717, 1.165) is 20.9 Å². The van der Waals surface area contributed by atoms with Gasteiger partial charge in [0.25, 0.3) is 5.91 Å². The first-order chi connectivity index (χ1) is 10.8. The van der Waals surface area contributed by atoms with Crippen molar-refractivity contribution in [3.05, 3.63) is 52.5 Å². The summed E-state index contributed by atoms with van der Waals surface area (Å²) in [6, 6.07) is 11.5. The summed E-state index contributed by atoms with van der Waals surface area (Å²) in [4.78, 5) is 16.8. The lowest BCUT2D eigenvalue weighted by Crippen LogP contribution is -2.11. The van der Waals surface area contributed by atoms with Gasteiger partial charge in [-0.1, -0.05) is 17.4 Å². The molecule has 0 radical (unpaired) electrons. The summed E-state index contributed by atoms with van der Waals surface area (Å²) in [6.07, 6.45) is 1.13. The van der Waals surface area contributed by atoms with Gasteiger partial charge in [0.2, 0.25) is 0 Å². The number of carbonyl (C=O) groups excluding carboxylic acids is 1. The third-order valence-electron chi connectivity index (χ3n) is 3.13. The quantitative estimate of drug-likeness (QED) is 0.713. The number of anilines is 1. The van der Waals surface area contributed by atoms with E-state index in [1.165, 1.54) is 35.6 Å². The van der Waals surface area contributed by atoms with Crippen molar-refractivity contribution in [3.63, 3.8) is 0 Å². The van der Waals surface area contributed by atoms with Crippen LogP contribution >= 0.6 is 27.3 Å². The zero-order valence-corrected chi connectivity index (χ0v) is 15.1. The van der Waals surface area contributed by atoms with Crippen LogP contribution in [0.1, 0.15) is 10.4 Å². The molecule has 23 heavy (non-hydrogen) atoms. The Morgan fingerprint density at radius 1 is 1.17 bits per heavy atom. The van der Waals surface area contributed by atoms with Crippen LogP contribution in [0.2, 0.25) is 0 Å². The van der Waals surface area contributed by atoms with Crippen LogP contribution in [0.4, 0.5) is 5.13 Å². The maximum absolute atomic E-state index is 12.2. The molecule has 0 unspecified atom stereocenters. The number of sulfone groups is 1. The Labute approximate surface area is 145 Å². The van der Waals surface area contributed by atoms with Crippen LogP contribution in [0, 0.1) is 0 Å². The van der Waals surface area contributed by atoms with Crippen molar-refractivity contribution in [2.24, 2.45) is 0 Å².